The van der Waals surface area contributed by atoms with Gasteiger partial charge >= 0.3 is 0 Å². The number of benzene rings is 1. The minimum Gasteiger partial charge on any atom is -0.366 e. The lowest BCUT2D eigenvalue weighted by Gasteiger charge is -2.03. The number of nitrogens with two attached hydrogens (primary N) is 1. The van der Waals surface area contributed by atoms with E-state index in [0.717, 1.165) is 14.4 Å². The van der Waals surface area contributed by atoms with E-state index < -0.39 is 10.8 Å². The van der Waals surface area contributed by atoms with Crippen LogP contribution in [0.15, 0.2) is 26.9 Å². The molecule has 2 rings (SSSR count). The highest BCUT2D eigenvalue weighted by molar-refractivity contribution is 8.02. The highest BCUT2D eigenvalue weighted by Crippen LogP contribution is 2.32. The van der Waals surface area contributed by atoms with E-state index in [1.165, 1.54) is 35.2 Å². The highest BCUT2D eigenvalue weighted by Gasteiger charge is 2.17. The van der Waals surface area contributed by atoms with Crippen LogP contribution in [-0.4, -0.2) is 26.8 Å². The molecule has 22 heavy (non-hydrogen) atoms. The number of thioether (sulfide) groups is 2. The van der Waals surface area contributed by atoms with E-state index in [0.29, 0.717) is 11.3 Å². The Kier molecular flexibility index (Phi) is 5.75. The topological polar surface area (TPSA) is 112 Å². The number of rotatable bonds is 7. The van der Waals surface area contributed by atoms with Crippen LogP contribution in [0, 0.1) is 10.1 Å². The van der Waals surface area contributed by atoms with Gasteiger partial charge in [-0.25, -0.2) is 0 Å². The Balaban J connectivity index is 2.14. The Morgan fingerprint density at radius 3 is 2.64 bits per heavy atom. The van der Waals surface area contributed by atoms with Gasteiger partial charge < -0.3 is 5.73 Å². The van der Waals surface area contributed by atoms with Crippen LogP contribution in [0.1, 0.15) is 22.8 Å². The number of nitrogens with zero attached hydrogens (tertiary/aromatic N) is 3. The summed E-state index contributed by atoms with van der Waals surface area (Å²) in [7, 11) is 0. The van der Waals surface area contributed by atoms with Crippen LogP contribution in [0.2, 0.25) is 0 Å². The number of carbonyl (C=O) groups is 1. The number of aromatic nitrogens is 2. The van der Waals surface area contributed by atoms with Crippen LogP contribution in [-0.2, 0) is 5.75 Å². The Hall–Kier alpha value is -1.65. The normalized spacial score (nSPS) is 10.6. The molecule has 0 aliphatic heterocycles. The van der Waals surface area contributed by atoms with E-state index in [1.807, 2.05) is 6.92 Å². The fourth-order valence-electron chi connectivity index (χ4n) is 1.59. The first-order chi connectivity index (χ1) is 10.5. The Bertz CT molecular complexity index is 705. The monoisotopic (exact) mass is 356 g/mol. The summed E-state index contributed by atoms with van der Waals surface area (Å²) in [5.74, 6) is 0.604. The lowest BCUT2D eigenvalue weighted by Crippen LogP contribution is -2.11. The first-order valence-corrected chi connectivity index (χ1v) is 8.96. The third-order valence-corrected chi connectivity index (χ3v) is 5.69. The van der Waals surface area contributed by atoms with Crippen molar-refractivity contribution in [3.63, 3.8) is 0 Å². The minimum atomic E-state index is -0.687. The zero-order chi connectivity index (χ0) is 16.1. The number of hydrogen-bond donors (Lipinski definition) is 1. The number of carbonyl (C=O) groups excluding carboxylic acids is 1. The quantitative estimate of drug-likeness (QED) is 0.461. The summed E-state index contributed by atoms with van der Waals surface area (Å²) < 4.78 is 1.63. The SMILES string of the molecule is CCSc1nnc(SCc2ccc(C(N)=O)cc2[N+](=O)[O-])s1. The standard InChI is InChI=1S/C12H12N4O3S3/c1-2-20-11-14-15-12(22-11)21-6-8-4-3-7(10(13)17)5-9(8)16(18)19/h3-5H,2,6H2,1H3,(H2,13,17). The molecule has 116 valence electrons. The van der Waals surface area contributed by atoms with Crippen LogP contribution in [0.3, 0.4) is 0 Å². The van der Waals surface area contributed by atoms with Gasteiger partial charge in [0.15, 0.2) is 8.68 Å². The highest BCUT2D eigenvalue weighted by atomic mass is 32.2. The summed E-state index contributed by atoms with van der Waals surface area (Å²) in [5.41, 5.74) is 5.67. The average molecular weight is 356 g/mol. The van der Waals surface area contributed by atoms with Crippen molar-refractivity contribution in [2.45, 2.75) is 21.4 Å². The molecule has 0 atom stereocenters. The van der Waals surface area contributed by atoms with Crippen LogP contribution in [0.25, 0.3) is 0 Å². The molecule has 0 fully saturated rings. The van der Waals surface area contributed by atoms with Gasteiger partial charge in [0.1, 0.15) is 0 Å². The van der Waals surface area contributed by atoms with E-state index >= 15 is 0 Å². The predicted octanol–water partition coefficient (Wildman–Crippen LogP) is 2.95. The van der Waals surface area contributed by atoms with Gasteiger partial charge in [0, 0.05) is 22.9 Å². The molecule has 0 spiro atoms. The lowest BCUT2D eigenvalue weighted by molar-refractivity contribution is -0.385. The summed E-state index contributed by atoms with van der Waals surface area (Å²) in [6.07, 6.45) is 0. The van der Waals surface area contributed by atoms with Crippen molar-refractivity contribution in [1.29, 1.82) is 0 Å². The molecule has 0 bridgehead atoms. The molecule has 1 heterocycles. The van der Waals surface area contributed by atoms with Crippen molar-refractivity contribution < 1.29 is 9.72 Å². The molecule has 0 saturated heterocycles. The van der Waals surface area contributed by atoms with Gasteiger partial charge in [-0.1, -0.05) is 47.9 Å². The molecule has 2 N–H and O–H groups in total. The summed E-state index contributed by atoms with van der Waals surface area (Å²) in [4.78, 5) is 21.7. The van der Waals surface area contributed by atoms with Crippen LogP contribution < -0.4 is 5.73 Å². The minimum absolute atomic E-state index is 0.114. The molecular formula is C12H12N4O3S3. The molecule has 2 aromatic rings. The second-order valence-electron chi connectivity index (χ2n) is 4.02. The Labute approximate surface area is 138 Å². The van der Waals surface area contributed by atoms with E-state index in [-0.39, 0.29) is 11.3 Å². The molecule has 10 heteroatoms. The fraction of sp³-hybridized carbons (Fsp3) is 0.250. The van der Waals surface area contributed by atoms with Gasteiger partial charge in [0.2, 0.25) is 5.91 Å². The summed E-state index contributed by atoms with van der Waals surface area (Å²) >= 11 is 4.44. The van der Waals surface area contributed by atoms with Crippen molar-refractivity contribution in [3.8, 4) is 0 Å². The molecule has 1 aromatic heterocycles. The van der Waals surface area contributed by atoms with E-state index in [1.54, 1.807) is 17.8 Å². The maximum atomic E-state index is 11.1. The number of hydrogen-bond acceptors (Lipinski definition) is 8. The van der Waals surface area contributed by atoms with Crippen molar-refractivity contribution in [2.24, 2.45) is 5.73 Å². The molecule has 1 aromatic carbocycles. The van der Waals surface area contributed by atoms with Crippen LogP contribution >= 0.6 is 34.9 Å². The smallest absolute Gasteiger partial charge is 0.274 e. The van der Waals surface area contributed by atoms with Gasteiger partial charge in [-0.15, -0.1) is 10.2 Å². The van der Waals surface area contributed by atoms with Gasteiger partial charge in [-0.3, -0.25) is 14.9 Å². The van der Waals surface area contributed by atoms with Crippen molar-refractivity contribution in [3.05, 3.63) is 39.4 Å². The third kappa shape index (κ3) is 4.18. The lowest BCUT2D eigenvalue weighted by atomic mass is 10.1. The Morgan fingerprint density at radius 1 is 1.36 bits per heavy atom. The number of amides is 1. The van der Waals surface area contributed by atoms with Gasteiger partial charge in [0.25, 0.3) is 5.69 Å². The van der Waals surface area contributed by atoms with Crippen molar-refractivity contribution in [2.75, 3.05) is 5.75 Å². The van der Waals surface area contributed by atoms with Gasteiger partial charge in [0.05, 0.1) is 4.92 Å². The second kappa shape index (κ2) is 7.56. The summed E-state index contributed by atoms with van der Waals surface area (Å²) in [6.45, 7) is 2.03. The number of nitro benzene ring substituents is 1. The number of primary amides is 1. The first-order valence-electron chi connectivity index (χ1n) is 6.17. The molecule has 1 amide bonds. The van der Waals surface area contributed by atoms with Crippen molar-refractivity contribution in [1.82, 2.24) is 10.2 Å². The molecule has 0 radical (unpaired) electrons. The van der Waals surface area contributed by atoms with Gasteiger partial charge in [-0.05, 0) is 11.8 Å². The van der Waals surface area contributed by atoms with Crippen molar-refractivity contribution >= 4 is 46.5 Å². The molecule has 0 aliphatic carbocycles. The fourth-order valence-corrected chi connectivity index (χ4v) is 4.50. The second-order valence-corrected chi connectivity index (χ2v) is 7.73. The van der Waals surface area contributed by atoms with Crippen LogP contribution in [0.5, 0.6) is 0 Å². The van der Waals surface area contributed by atoms with Crippen LogP contribution in [0.4, 0.5) is 5.69 Å². The molecule has 0 unspecified atom stereocenters. The third-order valence-electron chi connectivity index (χ3n) is 2.57. The average Bonchev–Trinajstić information content (AvgIpc) is 2.92. The van der Waals surface area contributed by atoms with E-state index in [9.17, 15) is 14.9 Å². The zero-order valence-electron chi connectivity index (χ0n) is 11.5. The van der Waals surface area contributed by atoms with E-state index in [4.69, 9.17) is 5.73 Å². The molecular weight excluding hydrogens is 344 g/mol. The largest absolute Gasteiger partial charge is 0.366 e. The van der Waals surface area contributed by atoms with Gasteiger partial charge in [-0.2, -0.15) is 0 Å². The number of nitro groups is 1. The van der Waals surface area contributed by atoms with E-state index in [2.05, 4.69) is 10.2 Å². The predicted molar refractivity (Wildman–Crippen MR) is 87.5 cm³/mol. The first kappa shape index (κ1) is 16.7. The summed E-state index contributed by atoms with van der Waals surface area (Å²) in [5, 5.41) is 19.2. The zero-order valence-corrected chi connectivity index (χ0v) is 14.0. The Morgan fingerprint density at radius 2 is 2.05 bits per heavy atom. The molecule has 7 nitrogen and oxygen atoms in total. The molecule has 0 aliphatic rings. The maximum Gasteiger partial charge on any atom is 0.274 e. The molecule has 0 saturated carbocycles. The summed E-state index contributed by atoms with van der Waals surface area (Å²) in [6, 6.07) is 4.24. The maximum absolute atomic E-state index is 11.1.